The zero-order chi connectivity index (χ0) is 10.7. The zero-order valence-corrected chi connectivity index (χ0v) is 8.88. The molecule has 0 bridgehead atoms. The van der Waals surface area contributed by atoms with Gasteiger partial charge in [-0.15, -0.1) is 0 Å². The van der Waals surface area contributed by atoms with Gasteiger partial charge in [0.25, 0.3) is 5.91 Å². The van der Waals surface area contributed by atoms with Crippen LogP contribution in [0.1, 0.15) is 17.3 Å². The lowest BCUT2D eigenvalue weighted by molar-refractivity contribution is 0.0778. The Kier molecular flexibility index (Phi) is 3.24. The number of hydrogen-bond donors (Lipinski definition) is 1. The van der Waals surface area contributed by atoms with Crippen molar-refractivity contribution in [1.82, 2.24) is 4.90 Å². The highest BCUT2D eigenvalue weighted by Crippen LogP contribution is 2.07. The summed E-state index contributed by atoms with van der Waals surface area (Å²) < 4.78 is 4.81. The Bertz CT molecular complexity index is 335. The molecule has 1 amide bonds. The maximum Gasteiger partial charge on any atom is 0.257 e. The summed E-state index contributed by atoms with van der Waals surface area (Å²) in [5, 5.41) is 0. The molecule has 0 radical (unpaired) electrons. The molecule has 2 N–H and O–H groups in total. The van der Waals surface area contributed by atoms with Crippen LogP contribution in [0.5, 0.6) is 0 Å². The van der Waals surface area contributed by atoms with Crippen LogP contribution in [0.2, 0.25) is 0 Å². The maximum absolute atomic E-state index is 11.7. The van der Waals surface area contributed by atoms with Crippen molar-refractivity contribution in [1.29, 1.82) is 0 Å². The molecule has 1 rings (SSSR count). The van der Waals surface area contributed by atoms with Crippen molar-refractivity contribution in [3.63, 3.8) is 0 Å². The van der Waals surface area contributed by atoms with E-state index in [-0.39, 0.29) is 11.9 Å². The summed E-state index contributed by atoms with van der Waals surface area (Å²) in [5.41, 5.74) is 5.94. The van der Waals surface area contributed by atoms with Gasteiger partial charge in [-0.05, 0) is 13.0 Å². The van der Waals surface area contributed by atoms with Crippen LogP contribution < -0.4 is 5.73 Å². The highest BCUT2D eigenvalue weighted by atomic mass is 32.1. The van der Waals surface area contributed by atoms with E-state index < -0.39 is 0 Å². The van der Waals surface area contributed by atoms with Crippen molar-refractivity contribution in [2.75, 3.05) is 7.05 Å². The van der Waals surface area contributed by atoms with Crippen LogP contribution in [0.4, 0.5) is 0 Å². The second-order valence-corrected chi connectivity index (χ2v) is 3.48. The molecule has 1 aromatic heterocycles. The van der Waals surface area contributed by atoms with Gasteiger partial charge in [-0.2, -0.15) is 0 Å². The third kappa shape index (κ3) is 2.11. The van der Waals surface area contributed by atoms with Gasteiger partial charge in [0.15, 0.2) is 0 Å². The average Bonchev–Trinajstić information content (AvgIpc) is 2.67. The summed E-state index contributed by atoms with van der Waals surface area (Å²) in [6.07, 6.45) is 2.84. The molecule has 0 aromatic carbocycles. The fourth-order valence-electron chi connectivity index (χ4n) is 0.957. The van der Waals surface area contributed by atoms with Crippen molar-refractivity contribution >= 4 is 23.1 Å². The van der Waals surface area contributed by atoms with Gasteiger partial charge < -0.3 is 15.1 Å². The standard InChI is InChI=1S/C9H12N2O2S/c1-6(8(10)14)11(2)9(12)7-3-4-13-5-7/h3-6H,1-2H3,(H2,10,14). The van der Waals surface area contributed by atoms with Crippen LogP contribution in [0, 0.1) is 0 Å². The topological polar surface area (TPSA) is 59.5 Å². The first kappa shape index (κ1) is 10.7. The minimum atomic E-state index is -0.257. The van der Waals surface area contributed by atoms with Gasteiger partial charge in [0.2, 0.25) is 0 Å². The number of amides is 1. The third-order valence-corrected chi connectivity index (χ3v) is 2.42. The fraction of sp³-hybridized carbons (Fsp3) is 0.333. The van der Waals surface area contributed by atoms with Crippen LogP contribution >= 0.6 is 12.2 Å². The lowest BCUT2D eigenvalue weighted by Crippen LogP contribution is -2.42. The second-order valence-electron chi connectivity index (χ2n) is 3.01. The van der Waals surface area contributed by atoms with Gasteiger partial charge in [0.1, 0.15) is 6.26 Å². The minimum Gasteiger partial charge on any atom is -0.472 e. The van der Waals surface area contributed by atoms with Crippen LogP contribution in [-0.2, 0) is 0 Å². The second kappa shape index (κ2) is 4.23. The smallest absolute Gasteiger partial charge is 0.257 e. The van der Waals surface area contributed by atoms with Crippen molar-refractivity contribution in [2.24, 2.45) is 5.73 Å². The Labute approximate surface area is 87.7 Å². The van der Waals surface area contributed by atoms with Gasteiger partial charge in [-0.3, -0.25) is 4.79 Å². The van der Waals surface area contributed by atoms with E-state index in [9.17, 15) is 4.79 Å². The third-order valence-electron chi connectivity index (χ3n) is 2.08. The number of rotatable bonds is 3. The molecule has 76 valence electrons. The molecule has 0 saturated carbocycles. The zero-order valence-electron chi connectivity index (χ0n) is 8.06. The van der Waals surface area contributed by atoms with Crippen molar-refractivity contribution < 1.29 is 9.21 Å². The molecular formula is C9H12N2O2S. The average molecular weight is 212 g/mol. The Morgan fingerprint density at radius 2 is 2.36 bits per heavy atom. The molecule has 0 aliphatic carbocycles. The van der Waals surface area contributed by atoms with Gasteiger partial charge in [-0.25, -0.2) is 0 Å². The predicted octanol–water partition coefficient (Wildman–Crippen LogP) is 1.03. The highest BCUT2D eigenvalue weighted by Gasteiger charge is 2.19. The quantitative estimate of drug-likeness (QED) is 0.760. The number of likely N-dealkylation sites (N-methyl/N-ethyl adjacent to an activating group) is 1. The number of nitrogens with zero attached hydrogens (tertiary/aromatic N) is 1. The molecular weight excluding hydrogens is 200 g/mol. The highest BCUT2D eigenvalue weighted by molar-refractivity contribution is 7.80. The number of carbonyl (C=O) groups is 1. The van der Waals surface area contributed by atoms with Crippen molar-refractivity contribution in [3.8, 4) is 0 Å². The van der Waals surface area contributed by atoms with E-state index in [4.69, 9.17) is 22.4 Å². The van der Waals surface area contributed by atoms with Gasteiger partial charge in [0.05, 0.1) is 22.9 Å². The van der Waals surface area contributed by atoms with Crippen molar-refractivity contribution in [3.05, 3.63) is 24.2 Å². The summed E-state index contributed by atoms with van der Waals surface area (Å²) in [4.78, 5) is 13.5. The number of carbonyl (C=O) groups excluding carboxylic acids is 1. The number of hydrogen-bond acceptors (Lipinski definition) is 3. The van der Waals surface area contributed by atoms with Crippen LogP contribution in [0.25, 0.3) is 0 Å². The monoisotopic (exact) mass is 212 g/mol. The van der Waals surface area contributed by atoms with E-state index in [0.29, 0.717) is 10.6 Å². The fourth-order valence-corrected chi connectivity index (χ4v) is 1.11. The number of furan rings is 1. The molecule has 0 spiro atoms. The number of nitrogens with two attached hydrogens (primary N) is 1. The van der Waals surface area contributed by atoms with Crippen LogP contribution in [0.15, 0.2) is 23.0 Å². The number of thiocarbonyl (C=S) groups is 1. The van der Waals surface area contributed by atoms with E-state index in [1.165, 1.54) is 17.4 Å². The molecule has 0 aliphatic heterocycles. The largest absolute Gasteiger partial charge is 0.472 e. The van der Waals surface area contributed by atoms with Gasteiger partial charge in [0, 0.05) is 7.05 Å². The normalized spacial score (nSPS) is 12.1. The summed E-state index contributed by atoms with van der Waals surface area (Å²) in [6.45, 7) is 1.78. The predicted molar refractivity (Wildman–Crippen MR) is 57.0 cm³/mol. The maximum atomic E-state index is 11.7. The Morgan fingerprint density at radius 3 is 2.79 bits per heavy atom. The lowest BCUT2D eigenvalue weighted by atomic mass is 10.2. The van der Waals surface area contributed by atoms with Gasteiger partial charge in [-0.1, -0.05) is 12.2 Å². The molecule has 5 heteroatoms. The molecule has 0 fully saturated rings. The van der Waals surface area contributed by atoms with Gasteiger partial charge >= 0.3 is 0 Å². The van der Waals surface area contributed by atoms with E-state index in [1.54, 1.807) is 20.0 Å². The first-order chi connectivity index (χ1) is 6.54. The molecule has 1 aromatic rings. The van der Waals surface area contributed by atoms with E-state index >= 15 is 0 Å². The molecule has 1 unspecified atom stereocenters. The molecule has 1 heterocycles. The first-order valence-electron chi connectivity index (χ1n) is 4.12. The summed E-state index contributed by atoms with van der Waals surface area (Å²) in [5.74, 6) is -0.154. The van der Waals surface area contributed by atoms with Crippen LogP contribution in [0.3, 0.4) is 0 Å². The van der Waals surface area contributed by atoms with Crippen LogP contribution in [-0.4, -0.2) is 28.9 Å². The Hall–Kier alpha value is -1.36. The first-order valence-corrected chi connectivity index (χ1v) is 4.53. The molecule has 14 heavy (non-hydrogen) atoms. The summed E-state index contributed by atoms with van der Waals surface area (Å²) in [7, 11) is 1.65. The summed E-state index contributed by atoms with van der Waals surface area (Å²) >= 11 is 4.80. The molecule has 1 atom stereocenters. The minimum absolute atomic E-state index is 0.154. The van der Waals surface area contributed by atoms with E-state index in [0.717, 1.165) is 0 Å². The molecule has 0 aliphatic rings. The lowest BCUT2D eigenvalue weighted by Gasteiger charge is -2.23. The molecule has 4 nitrogen and oxygen atoms in total. The van der Waals surface area contributed by atoms with E-state index in [1.807, 2.05) is 0 Å². The van der Waals surface area contributed by atoms with E-state index in [2.05, 4.69) is 0 Å². The van der Waals surface area contributed by atoms with Crippen molar-refractivity contribution in [2.45, 2.75) is 13.0 Å². The SMILES string of the molecule is CC(C(N)=S)N(C)C(=O)c1ccoc1. The molecule has 0 saturated heterocycles. The Morgan fingerprint density at radius 1 is 1.71 bits per heavy atom. The Balaban J connectivity index is 2.76. The summed E-state index contributed by atoms with van der Waals surface area (Å²) in [6, 6.07) is 1.35.